The summed E-state index contributed by atoms with van der Waals surface area (Å²) in [5.74, 6) is -0.931. The van der Waals surface area contributed by atoms with Crippen LogP contribution >= 0.6 is 11.3 Å². The number of ether oxygens (including phenoxy) is 2. The van der Waals surface area contributed by atoms with Gasteiger partial charge in [0, 0.05) is 37.8 Å². The second-order valence-corrected chi connectivity index (χ2v) is 8.54. The summed E-state index contributed by atoms with van der Waals surface area (Å²) in [5, 5.41) is 0.762. The first-order valence-electron chi connectivity index (χ1n) is 10.3. The minimum atomic E-state index is -0.569. The van der Waals surface area contributed by atoms with Gasteiger partial charge >= 0.3 is 0 Å². The van der Waals surface area contributed by atoms with Crippen molar-refractivity contribution in [1.82, 2.24) is 15.8 Å². The molecule has 3 amide bonds. The van der Waals surface area contributed by atoms with Gasteiger partial charge in [0.05, 0.1) is 31.9 Å². The fraction of sp³-hybridized carbons (Fsp3) is 0.429. The summed E-state index contributed by atoms with van der Waals surface area (Å²) < 4.78 is 10.6. The first-order valence-corrected chi connectivity index (χ1v) is 11.1. The molecular weight excluding hydrogens is 434 g/mol. The van der Waals surface area contributed by atoms with Crippen LogP contribution in [0, 0.1) is 12.8 Å². The van der Waals surface area contributed by atoms with E-state index in [1.54, 1.807) is 43.2 Å². The Hall–Kier alpha value is -3.18. The number of benzene rings is 1. The van der Waals surface area contributed by atoms with E-state index in [1.807, 2.05) is 0 Å². The molecule has 1 aromatic heterocycles. The zero-order chi connectivity index (χ0) is 22.7. The number of aryl methyl sites for hydroxylation is 1. The molecule has 2 aliphatic rings. The lowest BCUT2D eigenvalue weighted by Crippen LogP contribution is -2.45. The van der Waals surface area contributed by atoms with Gasteiger partial charge in [-0.15, -0.1) is 0 Å². The van der Waals surface area contributed by atoms with Crippen molar-refractivity contribution in [3.05, 3.63) is 34.8 Å². The normalized spacial score (nSPS) is 18.6. The Morgan fingerprint density at radius 2 is 2.03 bits per heavy atom. The maximum absolute atomic E-state index is 12.6. The fourth-order valence-corrected chi connectivity index (χ4v) is 4.68. The lowest BCUT2D eigenvalue weighted by Gasteiger charge is -2.25. The van der Waals surface area contributed by atoms with Crippen LogP contribution in [0.25, 0.3) is 0 Å². The molecule has 4 rings (SSSR count). The topological polar surface area (TPSA) is 113 Å². The van der Waals surface area contributed by atoms with Crippen molar-refractivity contribution in [2.75, 3.05) is 49.8 Å². The number of nitrogens with one attached hydrogen (secondary N) is 2. The summed E-state index contributed by atoms with van der Waals surface area (Å²) in [6, 6.07) is 7.12. The summed E-state index contributed by atoms with van der Waals surface area (Å²) in [5.41, 5.74) is 6.19. The molecule has 0 unspecified atom stereocenters. The Kier molecular flexibility index (Phi) is 6.56. The average molecular weight is 460 g/mol. The van der Waals surface area contributed by atoms with Crippen LogP contribution in [-0.4, -0.2) is 62.7 Å². The highest BCUT2D eigenvalue weighted by Gasteiger charge is 2.35. The molecule has 2 saturated heterocycles. The van der Waals surface area contributed by atoms with Gasteiger partial charge in [0.25, 0.3) is 5.91 Å². The van der Waals surface area contributed by atoms with Crippen LogP contribution in [0.1, 0.15) is 21.8 Å². The predicted molar refractivity (Wildman–Crippen MR) is 119 cm³/mol. The zero-order valence-corrected chi connectivity index (χ0v) is 18.7. The number of carbonyl (C=O) groups is 3. The van der Waals surface area contributed by atoms with Gasteiger partial charge in [0.15, 0.2) is 5.13 Å². The molecule has 10 nitrogen and oxygen atoms in total. The molecule has 1 aromatic carbocycles. The van der Waals surface area contributed by atoms with E-state index in [1.165, 1.54) is 11.3 Å². The van der Waals surface area contributed by atoms with Crippen molar-refractivity contribution in [3.8, 4) is 5.75 Å². The molecule has 0 bridgehead atoms. The monoisotopic (exact) mass is 459 g/mol. The molecular formula is C21H25N5O5S. The van der Waals surface area contributed by atoms with Crippen LogP contribution in [0.4, 0.5) is 10.8 Å². The van der Waals surface area contributed by atoms with Crippen LogP contribution in [0.15, 0.2) is 24.3 Å². The average Bonchev–Trinajstić information content (AvgIpc) is 3.40. The van der Waals surface area contributed by atoms with Crippen LogP contribution < -0.4 is 25.4 Å². The zero-order valence-electron chi connectivity index (χ0n) is 17.9. The van der Waals surface area contributed by atoms with Gasteiger partial charge in [-0.3, -0.25) is 25.2 Å². The lowest BCUT2D eigenvalue weighted by molar-refractivity contribution is -0.126. The quantitative estimate of drug-likeness (QED) is 0.644. The van der Waals surface area contributed by atoms with Gasteiger partial charge in [-0.2, -0.15) is 0 Å². The van der Waals surface area contributed by atoms with E-state index < -0.39 is 17.7 Å². The minimum absolute atomic E-state index is 0.0691. The molecule has 2 N–H and O–H groups in total. The van der Waals surface area contributed by atoms with Gasteiger partial charge in [-0.1, -0.05) is 17.4 Å². The van der Waals surface area contributed by atoms with Gasteiger partial charge in [-0.25, -0.2) is 4.98 Å². The van der Waals surface area contributed by atoms with E-state index in [-0.39, 0.29) is 18.9 Å². The van der Waals surface area contributed by atoms with E-state index in [9.17, 15) is 14.4 Å². The van der Waals surface area contributed by atoms with Gasteiger partial charge in [-0.05, 0) is 19.1 Å². The number of hydrazine groups is 1. The third kappa shape index (κ3) is 4.68. The molecule has 1 atom stereocenters. The number of carbonyl (C=O) groups excluding carboxylic acids is 3. The molecule has 0 saturated carbocycles. The minimum Gasteiger partial charge on any atom is -0.497 e. The highest BCUT2D eigenvalue weighted by molar-refractivity contribution is 7.17. The van der Waals surface area contributed by atoms with E-state index in [4.69, 9.17) is 9.47 Å². The van der Waals surface area contributed by atoms with Crippen molar-refractivity contribution in [2.24, 2.45) is 5.92 Å². The number of hydrogen-bond acceptors (Lipinski definition) is 8. The maximum Gasteiger partial charge on any atom is 0.281 e. The van der Waals surface area contributed by atoms with Crippen molar-refractivity contribution in [1.29, 1.82) is 0 Å². The first kappa shape index (κ1) is 22.0. The van der Waals surface area contributed by atoms with Crippen LogP contribution in [0.3, 0.4) is 0 Å². The predicted octanol–water partition coefficient (Wildman–Crippen LogP) is 1.11. The number of thiazole rings is 1. The molecule has 0 aliphatic carbocycles. The third-order valence-electron chi connectivity index (χ3n) is 5.43. The fourth-order valence-electron chi connectivity index (χ4n) is 3.67. The highest BCUT2D eigenvalue weighted by atomic mass is 32.1. The molecule has 2 aromatic rings. The Bertz CT molecular complexity index is 1020. The van der Waals surface area contributed by atoms with Gasteiger partial charge in [0.2, 0.25) is 11.8 Å². The summed E-state index contributed by atoms with van der Waals surface area (Å²) >= 11 is 1.28. The number of rotatable bonds is 5. The highest BCUT2D eigenvalue weighted by Crippen LogP contribution is 2.28. The molecule has 0 radical (unpaired) electrons. The summed E-state index contributed by atoms with van der Waals surface area (Å²) in [7, 11) is 1.55. The summed E-state index contributed by atoms with van der Waals surface area (Å²) in [4.78, 5) is 46.2. The van der Waals surface area contributed by atoms with E-state index >= 15 is 0 Å². The Labute approximate surface area is 189 Å². The molecule has 3 heterocycles. The Morgan fingerprint density at radius 1 is 1.25 bits per heavy atom. The van der Waals surface area contributed by atoms with Crippen LogP contribution in [0.5, 0.6) is 5.75 Å². The molecule has 170 valence electrons. The largest absolute Gasteiger partial charge is 0.497 e. The smallest absolute Gasteiger partial charge is 0.281 e. The number of nitrogens with zero attached hydrogens (tertiary/aromatic N) is 3. The van der Waals surface area contributed by atoms with E-state index in [0.717, 1.165) is 18.2 Å². The Morgan fingerprint density at radius 3 is 2.78 bits per heavy atom. The number of anilines is 2. The molecule has 0 spiro atoms. The molecule has 2 fully saturated rings. The second kappa shape index (κ2) is 9.53. The molecule has 2 aliphatic heterocycles. The lowest BCUT2D eigenvalue weighted by atomic mass is 10.1. The van der Waals surface area contributed by atoms with E-state index in [0.29, 0.717) is 35.2 Å². The first-order chi connectivity index (χ1) is 15.5. The maximum atomic E-state index is 12.6. The molecule has 11 heteroatoms. The van der Waals surface area contributed by atoms with Crippen molar-refractivity contribution >= 4 is 39.9 Å². The van der Waals surface area contributed by atoms with Crippen molar-refractivity contribution < 1.29 is 23.9 Å². The Balaban J connectivity index is 1.34. The second-order valence-electron chi connectivity index (χ2n) is 7.56. The number of methoxy groups -OCH3 is 1. The van der Waals surface area contributed by atoms with Crippen molar-refractivity contribution in [3.63, 3.8) is 0 Å². The van der Waals surface area contributed by atoms with Crippen LogP contribution in [0.2, 0.25) is 0 Å². The standard InChI is InChI=1S/C21H25N5O5S/c1-13-18(32-21(22-13)25-6-8-31-9-7-25)20(29)24-23-19(28)14-10-17(27)26(12-14)15-4-3-5-16(11-15)30-2/h3-5,11,14H,6-10,12H2,1-2H3,(H,23,28)(H,24,29)/t14-/m0/s1. The van der Waals surface area contributed by atoms with Gasteiger partial charge < -0.3 is 19.3 Å². The molecule has 32 heavy (non-hydrogen) atoms. The SMILES string of the molecule is COc1cccc(N2C[C@@H](C(=O)NNC(=O)c3sc(N4CCOCC4)nc3C)CC2=O)c1. The summed E-state index contributed by atoms with van der Waals surface area (Å²) in [6.45, 7) is 4.70. The number of morpholine rings is 1. The summed E-state index contributed by atoms with van der Waals surface area (Å²) in [6.07, 6.45) is 0.0691. The van der Waals surface area contributed by atoms with Crippen LogP contribution in [-0.2, 0) is 14.3 Å². The third-order valence-corrected chi connectivity index (χ3v) is 6.65. The van der Waals surface area contributed by atoms with E-state index in [2.05, 4.69) is 20.7 Å². The van der Waals surface area contributed by atoms with Crippen molar-refractivity contribution in [2.45, 2.75) is 13.3 Å². The number of hydrogen-bond donors (Lipinski definition) is 2. The number of amides is 3. The number of aromatic nitrogens is 1. The van der Waals surface area contributed by atoms with Gasteiger partial charge in [0.1, 0.15) is 10.6 Å².